The van der Waals surface area contributed by atoms with E-state index in [-0.39, 0.29) is 17.3 Å². The fourth-order valence-corrected chi connectivity index (χ4v) is 3.49. The highest BCUT2D eigenvalue weighted by molar-refractivity contribution is 6.14. The lowest BCUT2D eigenvalue weighted by Gasteiger charge is -2.12. The van der Waals surface area contributed by atoms with Gasteiger partial charge in [-0.15, -0.1) is 0 Å². The van der Waals surface area contributed by atoms with Gasteiger partial charge in [-0.1, -0.05) is 17.7 Å². The van der Waals surface area contributed by atoms with Crippen molar-refractivity contribution < 1.29 is 14.4 Å². The molecule has 1 aromatic heterocycles. The van der Waals surface area contributed by atoms with Gasteiger partial charge < -0.3 is 16.0 Å². The molecule has 0 spiro atoms. The van der Waals surface area contributed by atoms with Gasteiger partial charge >= 0.3 is 0 Å². The summed E-state index contributed by atoms with van der Waals surface area (Å²) in [6, 6.07) is 17.7. The fraction of sp³-hybridized carbons (Fsp3) is 0.148. The second-order valence-corrected chi connectivity index (χ2v) is 8.38. The number of fused-ring (bicyclic) bond motifs is 1. The van der Waals surface area contributed by atoms with Gasteiger partial charge in [0, 0.05) is 24.0 Å². The van der Waals surface area contributed by atoms with Gasteiger partial charge in [-0.3, -0.25) is 14.4 Å². The largest absolute Gasteiger partial charge is 0.326 e. The maximum Gasteiger partial charge on any atom is 0.276 e. The molecule has 4 rings (SSSR count). The molecule has 1 heterocycles. The van der Waals surface area contributed by atoms with Gasteiger partial charge in [0.2, 0.25) is 5.91 Å². The van der Waals surface area contributed by atoms with E-state index in [2.05, 4.69) is 25.9 Å². The second-order valence-electron chi connectivity index (χ2n) is 8.38. The van der Waals surface area contributed by atoms with Crippen molar-refractivity contribution in [2.24, 2.45) is 0 Å². The number of amides is 3. The van der Waals surface area contributed by atoms with Crippen LogP contribution in [0.5, 0.6) is 0 Å². The Labute approximate surface area is 202 Å². The molecule has 0 aliphatic carbocycles. The van der Waals surface area contributed by atoms with Crippen LogP contribution in [0.1, 0.15) is 44.6 Å². The molecule has 8 heteroatoms. The normalized spacial score (nSPS) is 10.6. The van der Waals surface area contributed by atoms with E-state index in [4.69, 9.17) is 0 Å². The highest BCUT2D eigenvalue weighted by atomic mass is 16.2. The smallest absolute Gasteiger partial charge is 0.276 e. The third-order valence-electron chi connectivity index (χ3n) is 5.48. The number of aryl methyl sites for hydroxylation is 3. The summed E-state index contributed by atoms with van der Waals surface area (Å²) in [7, 11) is 0. The lowest BCUT2D eigenvalue weighted by atomic mass is 10.1. The molecule has 0 unspecified atom stereocenters. The van der Waals surface area contributed by atoms with E-state index >= 15 is 0 Å². The van der Waals surface area contributed by atoms with Crippen molar-refractivity contribution in [1.29, 1.82) is 0 Å². The summed E-state index contributed by atoms with van der Waals surface area (Å²) >= 11 is 0. The number of aromatic nitrogens is 2. The van der Waals surface area contributed by atoms with Crippen LogP contribution in [0.4, 0.5) is 17.1 Å². The van der Waals surface area contributed by atoms with E-state index in [9.17, 15) is 14.4 Å². The number of carbonyl (C=O) groups is 3. The van der Waals surface area contributed by atoms with Crippen LogP contribution in [-0.2, 0) is 4.79 Å². The predicted molar refractivity (Wildman–Crippen MR) is 137 cm³/mol. The Morgan fingerprint density at radius 1 is 0.600 bits per heavy atom. The van der Waals surface area contributed by atoms with Crippen LogP contribution in [0.25, 0.3) is 11.0 Å². The minimum Gasteiger partial charge on any atom is -0.326 e. The van der Waals surface area contributed by atoms with Crippen LogP contribution in [0, 0.1) is 20.8 Å². The highest BCUT2D eigenvalue weighted by Gasteiger charge is 2.23. The molecule has 3 amide bonds. The Morgan fingerprint density at radius 2 is 0.971 bits per heavy atom. The van der Waals surface area contributed by atoms with E-state index in [1.165, 1.54) is 6.92 Å². The summed E-state index contributed by atoms with van der Waals surface area (Å²) in [4.78, 5) is 46.7. The number of nitrogens with zero attached hydrogens (tertiary/aromatic N) is 2. The molecule has 0 saturated carbocycles. The number of nitrogens with one attached hydrogen (secondary N) is 3. The molecule has 8 nitrogen and oxygen atoms in total. The number of hydrogen-bond acceptors (Lipinski definition) is 5. The molecule has 0 aliphatic rings. The Bertz CT molecular complexity index is 1440. The van der Waals surface area contributed by atoms with Gasteiger partial charge in [0.25, 0.3) is 11.8 Å². The average Bonchev–Trinajstić information content (AvgIpc) is 2.81. The summed E-state index contributed by atoms with van der Waals surface area (Å²) in [5, 5.41) is 8.23. The van der Waals surface area contributed by atoms with E-state index < -0.39 is 11.8 Å². The standard InChI is InChI=1S/C27H25N5O3/c1-15-5-7-20(8-6-15)29-26(34)24-25(32-23-14-17(3)16(2)13-22(23)31-24)27(35)30-21-11-9-19(10-12-21)28-18(4)33/h5-14H,1-4H3,(H,28,33)(H,29,34)(H,30,35). The first-order valence-corrected chi connectivity index (χ1v) is 11.1. The van der Waals surface area contributed by atoms with Crippen molar-refractivity contribution in [3.8, 4) is 0 Å². The number of anilines is 3. The summed E-state index contributed by atoms with van der Waals surface area (Å²) in [5.74, 6) is -1.30. The molecule has 3 N–H and O–H groups in total. The van der Waals surface area contributed by atoms with Gasteiger partial charge in [0.1, 0.15) is 0 Å². The SMILES string of the molecule is CC(=O)Nc1ccc(NC(=O)c2nc3cc(C)c(C)cc3nc2C(=O)Nc2ccc(C)cc2)cc1. The zero-order chi connectivity index (χ0) is 25.1. The molecule has 0 radical (unpaired) electrons. The Balaban J connectivity index is 1.70. The van der Waals surface area contributed by atoms with Crippen molar-refractivity contribution in [3.05, 3.63) is 88.7 Å². The topological polar surface area (TPSA) is 113 Å². The molecule has 0 atom stereocenters. The number of carbonyl (C=O) groups excluding carboxylic acids is 3. The van der Waals surface area contributed by atoms with Crippen LogP contribution in [0.3, 0.4) is 0 Å². The molecule has 35 heavy (non-hydrogen) atoms. The molecule has 0 saturated heterocycles. The highest BCUT2D eigenvalue weighted by Crippen LogP contribution is 2.21. The summed E-state index contributed by atoms with van der Waals surface area (Å²) in [6.07, 6.45) is 0. The summed E-state index contributed by atoms with van der Waals surface area (Å²) in [5.41, 5.74) is 5.62. The molecule has 3 aromatic carbocycles. The maximum absolute atomic E-state index is 13.2. The number of rotatable bonds is 5. The third kappa shape index (κ3) is 5.50. The molecule has 0 fully saturated rings. The number of hydrogen-bond donors (Lipinski definition) is 3. The molecule has 0 aliphatic heterocycles. The first-order chi connectivity index (χ1) is 16.7. The second kappa shape index (κ2) is 9.72. The fourth-order valence-electron chi connectivity index (χ4n) is 3.49. The predicted octanol–water partition coefficient (Wildman–Crippen LogP) is 5.02. The first kappa shape index (κ1) is 23.6. The molecule has 0 bridgehead atoms. The first-order valence-electron chi connectivity index (χ1n) is 11.1. The van der Waals surface area contributed by atoms with E-state index in [0.717, 1.165) is 16.7 Å². The number of benzene rings is 3. The van der Waals surface area contributed by atoms with Crippen molar-refractivity contribution in [2.75, 3.05) is 16.0 Å². The molecular formula is C27H25N5O3. The quantitative estimate of drug-likeness (QED) is 0.382. The van der Waals surface area contributed by atoms with Crippen molar-refractivity contribution in [3.63, 3.8) is 0 Å². The minimum absolute atomic E-state index is 0.0753. The van der Waals surface area contributed by atoms with E-state index in [1.807, 2.05) is 45.0 Å². The van der Waals surface area contributed by atoms with Gasteiger partial charge in [-0.25, -0.2) is 9.97 Å². The van der Waals surface area contributed by atoms with Crippen molar-refractivity contribution in [2.45, 2.75) is 27.7 Å². The van der Waals surface area contributed by atoms with Gasteiger partial charge in [0.15, 0.2) is 11.4 Å². The monoisotopic (exact) mass is 467 g/mol. The Hall–Kier alpha value is -4.59. The van der Waals surface area contributed by atoms with Gasteiger partial charge in [-0.05, 0) is 80.4 Å². The van der Waals surface area contributed by atoms with Crippen molar-refractivity contribution in [1.82, 2.24) is 9.97 Å². The van der Waals surface area contributed by atoms with Crippen LogP contribution in [-0.4, -0.2) is 27.7 Å². The van der Waals surface area contributed by atoms with Crippen LogP contribution >= 0.6 is 0 Å². The van der Waals surface area contributed by atoms with E-state index in [1.54, 1.807) is 36.4 Å². The van der Waals surface area contributed by atoms with Crippen molar-refractivity contribution >= 4 is 45.8 Å². The Kier molecular flexibility index (Phi) is 6.55. The molecule has 4 aromatic rings. The van der Waals surface area contributed by atoms with Gasteiger partial charge in [-0.2, -0.15) is 0 Å². The van der Waals surface area contributed by atoms with E-state index in [0.29, 0.717) is 28.1 Å². The van der Waals surface area contributed by atoms with Crippen LogP contribution in [0.2, 0.25) is 0 Å². The zero-order valence-corrected chi connectivity index (χ0v) is 19.9. The van der Waals surface area contributed by atoms with Gasteiger partial charge in [0.05, 0.1) is 11.0 Å². The summed E-state index contributed by atoms with van der Waals surface area (Å²) < 4.78 is 0. The maximum atomic E-state index is 13.2. The molecular weight excluding hydrogens is 442 g/mol. The average molecular weight is 468 g/mol. The molecule has 176 valence electrons. The summed E-state index contributed by atoms with van der Waals surface area (Å²) in [6.45, 7) is 7.27. The minimum atomic E-state index is -0.570. The zero-order valence-electron chi connectivity index (χ0n) is 19.9. The van der Waals surface area contributed by atoms with Crippen LogP contribution < -0.4 is 16.0 Å². The third-order valence-corrected chi connectivity index (χ3v) is 5.48. The van der Waals surface area contributed by atoms with Crippen LogP contribution in [0.15, 0.2) is 60.7 Å². The Morgan fingerprint density at radius 3 is 1.37 bits per heavy atom. The lowest BCUT2D eigenvalue weighted by Crippen LogP contribution is -2.23. The lowest BCUT2D eigenvalue weighted by molar-refractivity contribution is -0.114.